The number of halogens is 1. The quantitative estimate of drug-likeness (QED) is 0.826. The van der Waals surface area contributed by atoms with E-state index in [1.165, 1.54) is 6.07 Å². The molecule has 1 aromatic rings. The number of carbonyl (C=O) groups is 1. The van der Waals surface area contributed by atoms with E-state index >= 15 is 0 Å². The van der Waals surface area contributed by atoms with Gasteiger partial charge in [-0.05, 0) is 24.1 Å². The molecule has 0 aliphatic heterocycles. The maximum Gasteiger partial charge on any atom is 0.255 e. The second-order valence-corrected chi connectivity index (χ2v) is 3.88. The van der Waals surface area contributed by atoms with Gasteiger partial charge in [0.15, 0.2) is 0 Å². The van der Waals surface area contributed by atoms with E-state index in [4.69, 9.17) is 0 Å². The molecule has 2 N–H and O–H groups in total. The van der Waals surface area contributed by atoms with Crippen molar-refractivity contribution in [3.63, 3.8) is 0 Å². The first kappa shape index (κ1) is 12.5. The van der Waals surface area contributed by atoms with Crippen LogP contribution in [-0.4, -0.2) is 17.6 Å². The lowest BCUT2D eigenvalue weighted by molar-refractivity contribution is 0.0944. The van der Waals surface area contributed by atoms with Gasteiger partial charge in [-0.3, -0.25) is 4.79 Å². The van der Waals surface area contributed by atoms with Crippen molar-refractivity contribution in [2.45, 2.75) is 20.3 Å². The van der Waals surface area contributed by atoms with Crippen molar-refractivity contribution in [1.29, 1.82) is 0 Å². The van der Waals surface area contributed by atoms with Crippen molar-refractivity contribution < 1.29 is 14.3 Å². The van der Waals surface area contributed by atoms with Crippen LogP contribution >= 0.6 is 0 Å². The van der Waals surface area contributed by atoms with Gasteiger partial charge < -0.3 is 10.4 Å². The summed E-state index contributed by atoms with van der Waals surface area (Å²) in [5.74, 6) is -0.827. The van der Waals surface area contributed by atoms with E-state index in [0.717, 1.165) is 18.6 Å². The van der Waals surface area contributed by atoms with E-state index in [0.29, 0.717) is 12.5 Å². The van der Waals surface area contributed by atoms with Gasteiger partial charge in [-0.1, -0.05) is 20.3 Å². The van der Waals surface area contributed by atoms with Crippen molar-refractivity contribution in [2.24, 2.45) is 5.92 Å². The van der Waals surface area contributed by atoms with E-state index in [9.17, 15) is 14.3 Å². The lowest BCUT2D eigenvalue weighted by atomic mass is 10.1. The third-order valence-electron chi connectivity index (χ3n) is 2.51. The molecule has 1 aromatic carbocycles. The Labute approximate surface area is 94.3 Å². The highest BCUT2D eigenvalue weighted by Gasteiger charge is 2.12. The highest BCUT2D eigenvalue weighted by molar-refractivity contribution is 5.96. The number of phenols is 1. The molecular weight excluding hydrogens is 209 g/mol. The standard InChI is InChI=1S/C12H16FNO2/c1-3-8(2)7-14-12(16)10-6-9(13)4-5-11(10)15/h4-6,8,15H,3,7H2,1-2H3,(H,14,16). The van der Waals surface area contributed by atoms with Gasteiger partial charge in [0.2, 0.25) is 0 Å². The number of carbonyl (C=O) groups excluding carboxylic acids is 1. The molecule has 0 radical (unpaired) electrons. The lowest BCUT2D eigenvalue weighted by Crippen LogP contribution is -2.28. The number of rotatable bonds is 4. The average Bonchev–Trinajstić information content (AvgIpc) is 2.28. The van der Waals surface area contributed by atoms with Gasteiger partial charge in [0.1, 0.15) is 11.6 Å². The Bertz CT molecular complexity index is 379. The number of hydrogen-bond acceptors (Lipinski definition) is 2. The fraction of sp³-hybridized carbons (Fsp3) is 0.417. The Morgan fingerprint density at radius 2 is 2.25 bits per heavy atom. The van der Waals surface area contributed by atoms with Crippen molar-refractivity contribution >= 4 is 5.91 Å². The van der Waals surface area contributed by atoms with Crippen LogP contribution in [0.2, 0.25) is 0 Å². The monoisotopic (exact) mass is 225 g/mol. The highest BCUT2D eigenvalue weighted by Crippen LogP contribution is 2.17. The van der Waals surface area contributed by atoms with Gasteiger partial charge in [-0.25, -0.2) is 4.39 Å². The predicted octanol–water partition coefficient (Wildman–Crippen LogP) is 2.31. The summed E-state index contributed by atoms with van der Waals surface area (Å²) in [6, 6.07) is 3.32. The van der Waals surface area contributed by atoms with Gasteiger partial charge in [-0.2, -0.15) is 0 Å². The van der Waals surface area contributed by atoms with Crippen molar-refractivity contribution in [3.8, 4) is 5.75 Å². The first-order valence-electron chi connectivity index (χ1n) is 5.31. The number of amides is 1. The Morgan fingerprint density at radius 3 is 2.88 bits per heavy atom. The molecule has 1 rings (SSSR count). The van der Waals surface area contributed by atoms with Gasteiger partial charge in [0, 0.05) is 6.54 Å². The Hall–Kier alpha value is -1.58. The lowest BCUT2D eigenvalue weighted by Gasteiger charge is -2.10. The molecule has 0 saturated carbocycles. The second kappa shape index (κ2) is 5.49. The van der Waals surface area contributed by atoms with Crippen LogP contribution in [0.1, 0.15) is 30.6 Å². The van der Waals surface area contributed by atoms with Gasteiger partial charge in [0.05, 0.1) is 5.56 Å². The van der Waals surface area contributed by atoms with E-state index in [2.05, 4.69) is 5.32 Å². The summed E-state index contributed by atoms with van der Waals surface area (Å²) in [5.41, 5.74) is -0.0247. The molecule has 88 valence electrons. The van der Waals surface area contributed by atoms with Crippen LogP contribution in [0.3, 0.4) is 0 Å². The van der Waals surface area contributed by atoms with E-state index in [-0.39, 0.29) is 11.3 Å². The maximum atomic E-state index is 12.9. The normalized spacial score (nSPS) is 12.2. The third-order valence-corrected chi connectivity index (χ3v) is 2.51. The Morgan fingerprint density at radius 1 is 1.56 bits per heavy atom. The third kappa shape index (κ3) is 3.22. The molecule has 0 bridgehead atoms. The molecular formula is C12H16FNO2. The van der Waals surface area contributed by atoms with Crippen LogP contribution in [0.25, 0.3) is 0 Å². The second-order valence-electron chi connectivity index (χ2n) is 3.88. The molecule has 3 nitrogen and oxygen atoms in total. The number of aromatic hydroxyl groups is 1. The molecule has 0 spiro atoms. The minimum atomic E-state index is -0.536. The average molecular weight is 225 g/mol. The summed E-state index contributed by atoms with van der Waals surface area (Å²) in [4.78, 5) is 11.6. The zero-order valence-electron chi connectivity index (χ0n) is 9.46. The van der Waals surface area contributed by atoms with E-state index in [1.54, 1.807) is 0 Å². The number of benzene rings is 1. The summed E-state index contributed by atoms with van der Waals surface area (Å²) in [7, 11) is 0. The number of hydrogen-bond donors (Lipinski definition) is 2. The molecule has 1 amide bonds. The molecule has 1 atom stereocenters. The predicted molar refractivity (Wildman–Crippen MR) is 59.9 cm³/mol. The zero-order chi connectivity index (χ0) is 12.1. The van der Waals surface area contributed by atoms with E-state index < -0.39 is 11.7 Å². The summed E-state index contributed by atoms with van der Waals surface area (Å²) in [5, 5.41) is 12.1. The molecule has 0 fully saturated rings. The van der Waals surface area contributed by atoms with Crippen LogP contribution < -0.4 is 5.32 Å². The Balaban J connectivity index is 2.69. The first-order chi connectivity index (χ1) is 7.54. The SMILES string of the molecule is CCC(C)CNC(=O)c1cc(F)ccc1O. The van der Waals surface area contributed by atoms with Crippen LogP contribution in [0, 0.1) is 11.7 Å². The Kier molecular flexibility index (Phi) is 4.28. The highest BCUT2D eigenvalue weighted by atomic mass is 19.1. The fourth-order valence-corrected chi connectivity index (χ4v) is 1.20. The van der Waals surface area contributed by atoms with E-state index in [1.807, 2.05) is 13.8 Å². The van der Waals surface area contributed by atoms with Crippen molar-refractivity contribution in [1.82, 2.24) is 5.32 Å². The summed E-state index contributed by atoms with van der Waals surface area (Å²) >= 11 is 0. The van der Waals surface area contributed by atoms with Gasteiger partial charge in [-0.15, -0.1) is 0 Å². The van der Waals surface area contributed by atoms with Crippen molar-refractivity contribution in [2.75, 3.05) is 6.54 Å². The van der Waals surface area contributed by atoms with Gasteiger partial charge in [0.25, 0.3) is 5.91 Å². The molecule has 0 aromatic heterocycles. The molecule has 0 aliphatic rings. The van der Waals surface area contributed by atoms with Crippen LogP contribution in [0.5, 0.6) is 5.75 Å². The molecule has 16 heavy (non-hydrogen) atoms. The smallest absolute Gasteiger partial charge is 0.255 e. The maximum absolute atomic E-state index is 12.9. The summed E-state index contributed by atoms with van der Waals surface area (Å²) in [6.45, 7) is 4.55. The molecule has 1 unspecified atom stereocenters. The zero-order valence-corrected chi connectivity index (χ0v) is 9.46. The number of phenolic OH excluding ortho intramolecular Hbond substituents is 1. The molecule has 4 heteroatoms. The van der Waals surface area contributed by atoms with Crippen molar-refractivity contribution in [3.05, 3.63) is 29.6 Å². The summed E-state index contributed by atoms with van der Waals surface area (Å²) in [6.07, 6.45) is 0.954. The topological polar surface area (TPSA) is 49.3 Å². The molecule has 0 saturated heterocycles. The largest absolute Gasteiger partial charge is 0.507 e. The molecule has 0 aliphatic carbocycles. The first-order valence-corrected chi connectivity index (χ1v) is 5.31. The summed E-state index contributed by atoms with van der Waals surface area (Å²) < 4.78 is 12.9. The minimum Gasteiger partial charge on any atom is -0.507 e. The molecule has 0 heterocycles. The van der Waals surface area contributed by atoms with Crippen LogP contribution in [0.15, 0.2) is 18.2 Å². The van der Waals surface area contributed by atoms with Gasteiger partial charge >= 0.3 is 0 Å². The van der Waals surface area contributed by atoms with Crippen LogP contribution in [-0.2, 0) is 0 Å². The number of nitrogens with one attached hydrogen (secondary N) is 1. The van der Waals surface area contributed by atoms with Crippen LogP contribution in [0.4, 0.5) is 4.39 Å². The fourth-order valence-electron chi connectivity index (χ4n) is 1.20. The minimum absolute atomic E-state index is 0.0247.